The van der Waals surface area contributed by atoms with Crippen LogP contribution >= 0.6 is 0 Å². The molecule has 2 radical (unpaired) electrons. The van der Waals surface area contributed by atoms with E-state index >= 15 is 0 Å². The summed E-state index contributed by atoms with van der Waals surface area (Å²) >= 11 is 0. The van der Waals surface area contributed by atoms with Gasteiger partial charge in [0.15, 0.2) is 0 Å². The zero-order valence-electron chi connectivity index (χ0n) is 8.87. The molecule has 0 fully saturated rings. The maximum absolute atomic E-state index is 2.27. The Morgan fingerprint density at radius 2 is 1.57 bits per heavy atom. The molecule has 0 aliphatic heterocycles. The van der Waals surface area contributed by atoms with Gasteiger partial charge in [0.25, 0.3) is 0 Å². The summed E-state index contributed by atoms with van der Waals surface area (Å²) in [5.74, 6) is 0. The van der Waals surface area contributed by atoms with Crippen LogP contribution in [0.1, 0.15) is 0 Å². The molecular weight excluding hydrogens is 231 g/mol. The summed E-state index contributed by atoms with van der Waals surface area (Å²) in [6, 6.07) is 14.7. The Bertz CT molecular complexity index is 319. The van der Waals surface area contributed by atoms with Crippen LogP contribution in [0.25, 0.3) is 10.8 Å². The second-order valence-corrected chi connectivity index (χ2v) is 6.65. The van der Waals surface area contributed by atoms with Gasteiger partial charge in [0, 0.05) is 25.6 Å². The van der Waals surface area contributed by atoms with Gasteiger partial charge in [0.05, 0.1) is 0 Å². The summed E-state index contributed by atoms with van der Waals surface area (Å²) in [6.45, 7) is 6.81. The molecule has 0 saturated carbocycles. The van der Waals surface area contributed by atoms with Crippen LogP contribution in [-0.2, 0) is 16.8 Å². The first-order chi connectivity index (χ1) is 6.20. The summed E-state index contributed by atoms with van der Waals surface area (Å²) in [7, 11) is 0.120. The summed E-state index contributed by atoms with van der Waals surface area (Å²) in [6.07, 6.45) is 0. The van der Waals surface area contributed by atoms with Gasteiger partial charge in [-0.05, 0) is 0 Å². The zero-order chi connectivity index (χ0) is 9.68. The summed E-state index contributed by atoms with van der Waals surface area (Å²) in [5, 5.41) is 2.66. The van der Waals surface area contributed by atoms with Gasteiger partial charge in [-0.1, -0.05) is 25.7 Å². The molecule has 78 valence electrons. The number of hydrogen-bond acceptors (Lipinski definition) is 0. The van der Waals surface area contributed by atoms with E-state index in [2.05, 4.69) is 62.1 Å². The van der Waals surface area contributed by atoms with E-state index in [1.54, 1.807) is 0 Å². The van der Waals surface area contributed by atoms with E-state index in [-0.39, 0.29) is 25.6 Å². The molecule has 2 aromatic carbocycles. The smallest absolute Gasteiger partial charge is 0.0379 e. The van der Waals surface area contributed by atoms with E-state index in [1.807, 2.05) is 0 Å². The molecule has 2 aromatic rings. The van der Waals surface area contributed by atoms with Crippen LogP contribution in [0, 0.1) is 0 Å². The quantitative estimate of drug-likeness (QED) is 0.489. The van der Waals surface area contributed by atoms with Crippen LogP contribution in [-0.4, -0.2) is 8.80 Å². The van der Waals surface area contributed by atoms with Crippen LogP contribution in [0.2, 0.25) is 19.6 Å². The van der Waals surface area contributed by atoms with E-state index in [4.69, 9.17) is 0 Å². The molecule has 0 N–H and O–H groups in total. The molecule has 0 heterocycles. The maximum Gasteiger partial charge on any atom is 0.0379 e. The van der Waals surface area contributed by atoms with Crippen molar-refractivity contribution in [1.29, 1.82) is 0 Å². The Balaban J connectivity index is 0.000000299. The second-order valence-electron chi connectivity index (χ2n) is 3.65. The first kappa shape index (κ1) is 13.6. The molecule has 0 saturated heterocycles. The van der Waals surface area contributed by atoms with Crippen LogP contribution in [0.15, 0.2) is 42.5 Å². The Labute approximate surface area is 98.5 Å². The van der Waals surface area contributed by atoms with Crippen molar-refractivity contribution in [2.24, 2.45) is 0 Å². The van der Waals surface area contributed by atoms with Crippen LogP contribution < -0.4 is 0 Å². The predicted octanol–water partition coefficient (Wildman–Crippen LogP) is 3.93. The van der Waals surface area contributed by atoms with E-state index in [0.717, 1.165) is 0 Å². The fourth-order valence-corrected chi connectivity index (χ4v) is 1.07. The van der Waals surface area contributed by atoms with Gasteiger partial charge >= 0.3 is 0 Å². The molecular formula is C12H16CoSi-. The minimum atomic E-state index is 0. The summed E-state index contributed by atoms with van der Waals surface area (Å²) in [4.78, 5) is 0. The molecule has 0 bridgehead atoms. The first-order valence-corrected chi connectivity index (χ1v) is 7.57. The van der Waals surface area contributed by atoms with Crippen LogP contribution in [0.3, 0.4) is 0 Å². The van der Waals surface area contributed by atoms with Gasteiger partial charge < -0.3 is 0 Å². The average Bonchev–Trinajstić information content (AvgIpc) is 2.49. The van der Waals surface area contributed by atoms with Gasteiger partial charge in [0.1, 0.15) is 0 Å². The first-order valence-electron chi connectivity index (χ1n) is 4.57. The summed E-state index contributed by atoms with van der Waals surface area (Å²) in [5.41, 5.74) is 0. The fraction of sp³-hybridized carbons (Fsp3) is 0.250. The molecule has 0 nitrogen and oxygen atoms in total. The fourth-order valence-electron chi connectivity index (χ4n) is 1.07. The SMILES string of the molecule is C[Si](C)C.[Co].c1ccc2[cH-]ccc2c1. The van der Waals surface area contributed by atoms with Gasteiger partial charge in [-0.3, -0.25) is 0 Å². The third kappa shape index (κ3) is 4.70. The topological polar surface area (TPSA) is 0 Å². The van der Waals surface area contributed by atoms with Crippen molar-refractivity contribution in [3.63, 3.8) is 0 Å². The molecule has 0 amide bonds. The van der Waals surface area contributed by atoms with Crippen molar-refractivity contribution in [2.75, 3.05) is 0 Å². The van der Waals surface area contributed by atoms with Crippen molar-refractivity contribution in [2.45, 2.75) is 19.6 Å². The minimum absolute atomic E-state index is 0. The molecule has 0 aliphatic rings. The van der Waals surface area contributed by atoms with E-state index < -0.39 is 0 Å². The number of rotatable bonds is 0. The second kappa shape index (κ2) is 6.93. The van der Waals surface area contributed by atoms with E-state index in [1.165, 1.54) is 10.8 Å². The molecule has 2 rings (SSSR count). The normalized spacial score (nSPS) is 9.14. The Kier molecular flexibility index (Phi) is 6.71. The molecule has 2 heteroatoms. The molecule has 0 aliphatic carbocycles. The van der Waals surface area contributed by atoms with Crippen molar-refractivity contribution in [3.8, 4) is 0 Å². The molecule has 0 unspecified atom stereocenters. The minimum Gasteiger partial charge on any atom is -0.168 e. The van der Waals surface area contributed by atoms with Crippen molar-refractivity contribution in [1.82, 2.24) is 0 Å². The van der Waals surface area contributed by atoms with Gasteiger partial charge in [-0.15, -0.1) is 29.7 Å². The van der Waals surface area contributed by atoms with Crippen molar-refractivity contribution < 1.29 is 16.8 Å². The number of fused-ring (bicyclic) bond motifs is 1. The third-order valence-corrected chi connectivity index (χ3v) is 1.55. The molecule has 0 aromatic heterocycles. The van der Waals surface area contributed by atoms with E-state index in [9.17, 15) is 0 Å². The standard InChI is InChI=1S/C9H7.C3H9Si.Co/c1-2-5-9-7-3-6-8(9)4-1;1-4(2)3;/h1-7H;1-3H3;/q-1;;. The van der Waals surface area contributed by atoms with Gasteiger partial charge in [-0.25, -0.2) is 0 Å². The van der Waals surface area contributed by atoms with Crippen molar-refractivity contribution in [3.05, 3.63) is 42.5 Å². The Morgan fingerprint density at radius 1 is 1.00 bits per heavy atom. The number of hydrogen-bond donors (Lipinski definition) is 0. The van der Waals surface area contributed by atoms with Crippen molar-refractivity contribution >= 4 is 19.6 Å². The average molecular weight is 247 g/mol. The molecule has 0 spiro atoms. The van der Waals surface area contributed by atoms with Crippen LogP contribution in [0.4, 0.5) is 0 Å². The summed E-state index contributed by atoms with van der Waals surface area (Å²) < 4.78 is 0. The van der Waals surface area contributed by atoms with E-state index in [0.29, 0.717) is 0 Å². The Hall–Kier alpha value is -0.447. The van der Waals surface area contributed by atoms with Crippen LogP contribution in [0.5, 0.6) is 0 Å². The predicted molar refractivity (Wildman–Crippen MR) is 62.9 cm³/mol. The third-order valence-electron chi connectivity index (χ3n) is 1.55. The Morgan fingerprint density at radius 3 is 2.14 bits per heavy atom. The van der Waals surface area contributed by atoms with Gasteiger partial charge in [0.2, 0.25) is 0 Å². The molecule has 0 atom stereocenters. The monoisotopic (exact) mass is 247 g/mol. The number of benzene rings is 1. The molecule has 14 heavy (non-hydrogen) atoms. The zero-order valence-corrected chi connectivity index (χ0v) is 10.9. The largest absolute Gasteiger partial charge is 0.168 e. The maximum atomic E-state index is 2.27. The van der Waals surface area contributed by atoms with Gasteiger partial charge in [-0.2, -0.15) is 17.5 Å².